The number of sulfone groups is 1. The van der Waals surface area contributed by atoms with Gasteiger partial charge in [-0.25, -0.2) is 8.42 Å². The number of nitrogens with one attached hydrogen (secondary N) is 1. The van der Waals surface area contributed by atoms with Crippen LogP contribution in [-0.4, -0.2) is 40.0 Å². The van der Waals surface area contributed by atoms with E-state index in [2.05, 4.69) is 5.32 Å². The summed E-state index contributed by atoms with van der Waals surface area (Å²) in [6, 6.07) is 4.73. The molecule has 0 saturated heterocycles. The molecule has 1 aromatic rings. The molecular formula is C14H21NO4S. The Kier molecular flexibility index (Phi) is 4.55. The molecule has 20 heavy (non-hydrogen) atoms. The van der Waals surface area contributed by atoms with Crippen molar-refractivity contribution in [1.82, 2.24) is 5.32 Å². The topological polar surface area (TPSA) is 64.6 Å². The molecule has 2 unspecified atom stereocenters. The van der Waals surface area contributed by atoms with Crippen LogP contribution in [-0.2, 0) is 9.84 Å². The van der Waals surface area contributed by atoms with Gasteiger partial charge in [-0.3, -0.25) is 0 Å². The van der Waals surface area contributed by atoms with Gasteiger partial charge in [0.25, 0.3) is 0 Å². The van der Waals surface area contributed by atoms with Crippen molar-refractivity contribution in [3.05, 3.63) is 18.2 Å². The lowest BCUT2D eigenvalue weighted by atomic mass is 10.2. The minimum absolute atomic E-state index is 0.0757. The van der Waals surface area contributed by atoms with Crippen LogP contribution in [0.1, 0.15) is 20.3 Å². The summed E-state index contributed by atoms with van der Waals surface area (Å²) < 4.78 is 36.1. The molecule has 1 N–H and O–H groups in total. The van der Waals surface area contributed by atoms with Gasteiger partial charge >= 0.3 is 0 Å². The highest BCUT2D eigenvalue weighted by molar-refractivity contribution is 7.92. The maximum absolute atomic E-state index is 12.6. The van der Waals surface area contributed by atoms with Gasteiger partial charge in [-0.2, -0.15) is 0 Å². The number of rotatable bonds is 5. The number of benzene rings is 1. The Morgan fingerprint density at radius 1 is 1.25 bits per heavy atom. The molecule has 112 valence electrons. The predicted molar refractivity (Wildman–Crippen MR) is 77.2 cm³/mol. The molecule has 0 radical (unpaired) electrons. The van der Waals surface area contributed by atoms with Crippen LogP contribution in [0.2, 0.25) is 0 Å². The zero-order valence-electron chi connectivity index (χ0n) is 12.0. The van der Waals surface area contributed by atoms with Gasteiger partial charge in [0.05, 0.1) is 10.1 Å². The van der Waals surface area contributed by atoms with E-state index in [0.29, 0.717) is 24.7 Å². The molecule has 0 bridgehead atoms. The van der Waals surface area contributed by atoms with E-state index >= 15 is 0 Å². The van der Waals surface area contributed by atoms with E-state index in [4.69, 9.17) is 9.47 Å². The molecule has 1 aliphatic heterocycles. The third-order valence-electron chi connectivity index (χ3n) is 3.71. The highest BCUT2D eigenvalue weighted by atomic mass is 32.2. The van der Waals surface area contributed by atoms with Crippen molar-refractivity contribution < 1.29 is 17.9 Å². The zero-order chi connectivity index (χ0) is 14.8. The van der Waals surface area contributed by atoms with Gasteiger partial charge < -0.3 is 14.8 Å². The van der Waals surface area contributed by atoms with E-state index < -0.39 is 15.1 Å². The summed E-state index contributed by atoms with van der Waals surface area (Å²) in [6.45, 7) is 4.64. The Bertz CT molecular complexity index is 567. The third-order valence-corrected chi connectivity index (χ3v) is 5.93. The Labute approximate surface area is 120 Å². The summed E-state index contributed by atoms with van der Waals surface area (Å²) in [4.78, 5) is 0.281. The first-order chi connectivity index (χ1) is 9.50. The number of fused-ring (bicyclic) bond motifs is 1. The number of ether oxygens (including phenoxy) is 2. The van der Waals surface area contributed by atoms with E-state index in [1.165, 1.54) is 0 Å². The molecule has 0 aromatic heterocycles. The number of hydrogen-bond acceptors (Lipinski definition) is 5. The van der Waals surface area contributed by atoms with E-state index in [1.807, 2.05) is 6.92 Å². The standard InChI is InChI=1S/C14H21NO4S/c1-4-12(15-3)10(2)20(16,17)11-5-6-13-14(9-11)19-8-7-18-13/h5-6,9-10,12,15H,4,7-8H2,1-3H3. The first-order valence-corrected chi connectivity index (χ1v) is 8.36. The first kappa shape index (κ1) is 15.1. The summed E-state index contributed by atoms with van der Waals surface area (Å²) in [5.41, 5.74) is 0. The molecule has 2 rings (SSSR count). The van der Waals surface area contributed by atoms with E-state index in [-0.39, 0.29) is 10.9 Å². The summed E-state index contributed by atoms with van der Waals surface area (Å²) in [6.07, 6.45) is 0.751. The van der Waals surface area contributed by atoms with Crippen LogP contribution in [0.3, 0.4) is 0 Å². The van der Waals surface area contributed by atoms with Gasteiger partial charge in [0.2, 0.25) is 0 Å². The fraction of sp³-hybridized carbons (Fsp3) is 0.571. The highest BCUT2D eigenvalue weighted by Gasteiger charge is 2.30. The van der Waals surface area contributed by atoms with Gasteiger partial charge in [0, 0.05) is 12.1 Å². The fourth-order valence-electron chi connectivity index (χ4n) is 2.40. The molecule has 0 fully saturated rings. The molecule has 6 heteroatoms. The van der Waals surface area contributed by atoms with Crippen LogP contribution in [0, 0.1) is 0 Å². The van der Waals surface area contributed by atoms with Crippen LogP contribution in [0.25, 0.3) is 0 Å². The SMILES string of the molecule is CCC(NC)C(C)S(=O)(=O)c1ccc2c(c1)OCCO2. The lowest BCUT2D eigenvalue weighted by molar-refractivity contribution is 0.171. The maximum Gasteiger partial charge on any atom is 0.182 e. The lowest BCUT2D eigenvalue weighted by Gasteiger charge is -2.23. The fourth-order valence-corrected chi connectivity index (χ4v) is 4.12. The van der Waals surface area contributed by atoms with Gasteiger partial charge in [-0.05, 0) is 32.5 Å². The lowest BCUT2D eigenvalue weighted by Crippen LogP contribution is -2.40. The van der Waals surface area contributed by atoms with Crippen LogP contribution in [0.4, 0.5) is 0 Å². The van der Waals surface area contributed by atoms with Crippen molar-refractivity contribution >= 4 is 9.84 Å². The van der Waals surface area contributed by atoms with Crippen molar-refractivity contribution in [3.8, 4) is 11.5 Å². The summed E-state index contributed by atoms with van der Waals surface area (Å²) >= 11 is 0. The minimum Gasteiger partial charge on any atom is -0.486 e. The van der Waals surface area contributed by atoms with Crippen molar-refractivity contribution in [2.24, 2.45) is 0 Å². The van der Waals surface area contributed by atoms with Crippen molar-refractivity contribution in [1.29, 1.82) is 0 Å². The van der Waals surface area contributed by atoms with Crippen LogP contribution in [0.5, 0.6) is 11.5 Å². The molecule has 1 heterocycles. The molecule has 0 saturated carbocycles. The van der Waals surface area contributed by atoms with E-state index in [1.54, 1.807) is 32.2 Å². The van der Waals surface area contributed by atoms with E-state index in [0.717, 1.165) is 6.42 Å². The van der Waals surface area contributed by atoms with Crippen molar-refractivity contribution in [2.75, 3.05) is 20.3 Å². The molecular weight excluding hydrogens is 278 g/mol. The van der Waals surface area contributed by atoms with Gasteiger partial charge in [-0.15, -0.1) is 0 Å². The molecule has 1 aliphatic rings. The quantitative estimate of drug-likeness (QED) is 0.895. The Hall–Kier alpha value is -1.27. The average Bonchev–Trinajstić information content (AvgIpc) is 2.47. The Balaban J connectivity index is 2.34. The first-order valence-electron chi connectivity index (χ1n) is 6.81. The average molecular weight is 299 g/mol. The number of hydrogen-bond donors (Lipinski definition) is 1. The minimum atomic E-state index is -3.39. The normalized spacial score (nSPS) is 17.6. The molecule has 2 atom stereocenters. The zero-order valence-corrected chi connectivity index (χ0v) is 12.9. The second-order valence-electron chi connectivity index (χ2n) is 4.86. The molecule has 0 spiro atoms. The Morgan fingerprint density at radius 2 is 1.90 bits per heavy atom. The van der Waals surface area contributed by atoms with Crippen LogP contribution < -0.4 is 14.8 Å². The van der Waals surface area contributed by atoms with Crippen LogP contribution in [0.15, 0.2) is 23.1 Å². The summed E-state index contributed by atoms with van der Waals surface area (Å²) in [5, 5.41) is 2.55. The maximum atomic E-state index is 12.6. The second-order valence-corrected chi connectivity index (χ2v) is 7.16. The van der Waals surface area contributed by atoms with Gasteiger partial charge in [0.1, 0.15) is 13.2 Å². The van der Waals surface area contributed by atoms with Gasteiger partial charge in [-0.1, -0.05) is 6.92 Å². The monoisotopic (exact) mass is 299 g/mol. The van der Waals surface area contributed by atoms with Crippen LogP contribution >= 0.6 is 0 Å². The third kappa shape index (κ3) is 2.76. The van der Waals surface area contributed by atoms with Gasteiger partial charge in [0.15, 0.2) is 21.3 Å². The molecule has 0 amide bonds. The van der Waals surface area contributed by atoms with E-state index in [9.17, 15) is 8.42 Å². The smallest absolute Gasteiger partial charge is 0.182 e. The predicted octanol–water partition coefficient (Wildman–Crippen LogP) is 1.62. The summed E-state index contributed by atoms with van der Waals surface area (Å²) in [5.74, 6) is 1.10. The Morgan fingerprint density at radius 3 is 2.50 bits per heavy atom. The highest BCUT2D eigenvalue weighted by Crippen LogP contribution is 2.33. The molecule has 0 aliphatic carbocycles. The van der Waals surface area contributed by atoms with Crippen molar-refractivity contribution in [3.63, 3.8) is 0 Å². The second kappa shape index (κ2) is 6.01. The largest absolute Gasteiger partial charge is 0.486 e. The van der Waals surface area contributed by atoms with Crippen molar-refractivity contribution in [2.45, 2.75) is 36.5 Å². The summed E-state index contributed by atoms with van der Waals surface area (Å²) in [7, 11) is -1.61. The molecule has 1 aromatic carbocycles. The molecule has 5 nitrogen and oxygen atoms in total.